The van der Waals surface area contributed by atoms with Gasteiger partial charge in [-0.15, -0.1) is 0 Å². The maximum Gasteiger partial charge on any atom is 0.164 e. The van der Waals surface area contributed by atoms with Crippen LogP contribution in [0.4, 0.5) is 5.69 Å². The van der Waals surface area contributed by atoms with Gasteiger partial charge in [0, 0.05) is 27.0 Å². The van der Waals surface area contributed by atoms with Gasteiger partial charge in [0.1, 0.15) is 5.37 Å². The molecule has 47 heavy (non-hydrogen) atoms. The van der Waals surface area contributed by atoms with Crippen LogP contribution in [0.1, 0.15) is 10.9 Å². The van der Waals surface area contributed by atoms with Crippen LogP contribution in [0.25, 0.3) is 66.8 Å². The summed E-state index contributed by atoms with van der Waals surface area (Å²) in [5.74, 6) is 1.98. The van der Waals surface area contributed by atoms with E-state index in [0.717, 1.165) is 22.1 Å². The highest BCUT2D eigenvalue weighted by Gasteiger charge is 2.26. The van der Waals surface area contributed by atoms with E-state index >= 15 is 0 Å². The Bertz CT molecular complexity index is 2350. The summed E-state index contributed by atoms with van der Waals surface area (Å²) in [4.78, 5) is 16.1. The molecule has 5 heteroatoms. The SMILES string of the molecule is c1ccc(-c2cccc(C3Nc4c(ccc5ccc6cc(-c7nc(-c8ccccc8)nc(-c8ccccc8)n7)ccc6c45)S3)c2)cc1. The summed E-state index contributed by atoms with van der Waals surface area (Å²) in [6.07, 6.45) is 0. The van der Waals surface area contributed by atoms with Crippen LogP contribution in [-0.4, -0.2) is 15.0 Å². The van der Waals surface area contributed by atoms with Crippen molar-refractivity contribution in [2.75, 3.05) is 5.32 Å². The lowest BCUT2D eigenvalue weighted by atomic mass is 9.98. The quantitative estimate of drug-likeness (QED) is 0.194. The number of thioether (sulfide) groups is 1. The highest BCUT2D eigenvalue weighted by molar-refractivity contribution is 8.00. The second kappa shape index (κ2) is 11.5. The predicted octanol–water partition coefficient (Wildman–Crippen LogP) is 11.1. The minimum absolute atomic E-state index is 0.131. The monoisotopic (exact) mass is 620 g/mol. The molecule has 1 aliphatic heterocycles. The van der Waals surface area contributed by atoms with Gasteiger partial charge in [-0.1, -0.05) is 151 Å². The fourth-order valence-electron chi connectivity index (χ4n) is 6.41. The number of nitrogens with zero attached hydrogens (tertiary/aromatic N) is 3. The number of fused-ring (bicyclic) bond motifs is 5. The van der Waals surface area contributed by atoms with E-state index < -0.39 is 0 Å². The fraction of sp³-hybridized carbons (Fsp3) is 0.0238. The molecule has 1 unspecified atom stereocenters. The van der Waals surface area contributed by atoms with Gasteiger partial charge >= 0.3 is 0 Å². The molecule has 0 bridgehead atoms. The van der Waals surface area contributed by atoms with Crippen molar-refractivity contribution in [1.82, 2.24) is 15.0 Å². The van der Waals surface area contributed by atoms with Crippen LogP contribution < -0.4 is 5.32 Å². The molecule has 1 aromatic heterocycles. The van der Waals surface area contributed by atoms with Crippen LogP contribution in [0, 0.1) is 0 Å². The second-order valence-electron chi connectivity index (χ2n) is 11.7. The van der Waals surface area contributed by atoms with Crippen LogP contribution in [0.2, 0.25) is 0 Å². The van der Waals surface area contributed by atoms with Crippen molar-refractivity contribution in [3.8, 4) is 45.3 Å². The minimum Gasteiger partial charge on any atom is -0.368 e. The second-order valence-corrected chi connectivity index (χ2v) is 12.9. The number of benzene rings is 7. The topological polar surface area (TPSA) is 50.7 Å². The van der Waals surface area contributed by atoms with Crippen LogP contribution in [0.5, 0.6) is 0 Å². The minimum atomic E-state index is 0.131. The average molecular weight is 621 g/mol. The molecular formula is C42H28N4S. The van der Waals surface area contributed by atoms with E-state index in [0.29, 0.717) is 17.5 Å². The summed E-state index contributed by atoms with van der Waals surface area (Å²) >= 11 is 1.88. The zero-order valence-corrected chi connectivity index (χ0v) is 26.2. The van der Waals surface area contributed by atoms with E-state index in [9.17, 15) is 0 Å². The van der Waals surface area contributed by atoms with Gasteiger partial charge in [-0.2, -0.15) is 0 Å². The number of hydrogen-bond donors (Lipinski definition) is 1. The molecule has 222 valence electrons. The molecule has 1 N–H and O–H groups in total. The van der Waals surface area contributed by atoms with E-state index in [4.69, 9.17) is 15.0 Å². The van der Waals surface area contributed by atoms with Gasteiger partial charge in [-0.25, -0.2) is 15.0 Å². The first-order valence-corrected chi connectivity index (χ1v) is 16.6. The van der Waals surface area contributed by atoms with Gasteiger partial charge in [-0.05, 0) is 51.0 Å². The Morgan fingerprint density at radius 3 is 1.70 bits per heavy atom. The molecule has 4 nitrogen and oxygen atoms in total. The van der Waals surface area contributed by atoms with Gasteiger partial charge in [-0.3, -0.25) is 0 Å². The smallest absolute Gasteiger partial charge is 0.164 e. The number of anilines is 1. The molecule has 7 aromatic carbocycles. The Labute approximate surface area is 277 Å². The third-order valence-corrected chi connectivity index (χ3v) is 9.96. The Hall–Kier alpha value is -5.78. The lowest BCUT2D eigenvalue weighted by Crippen LogP contribution is -2.02. The lowest BCUT2D eigenvalue weighted by Gasteiger charge is -2.14. The standard InChI is InChI=1S/C42H28N4S/c1-4-11-27(12-5-1)31-17-10-18-34(25-31)42-43-38-36(47-42)24-22-28-19-20-32-26-33(21-23-35(32)37(28)38)41-45-39(29-13-6-2-7-14-29)44-40(46-41)30-15-8-3-9-16-30/h1-26,42-43H. The van der Waals surface area contributed by atoms with Crippen LogP contribution in [-0.2, 0) is 0 Å². The van der Waals surface area contributed by atoms with Gasteiger partial charge in [0.2, 0.25) is 0 Å². The van der Waals surface area contributed by atoms with Crippen molar-refractivity contribution in [3.05, 3.63) is 163 Å². The van der Waals surface area contributed by atoms with Crippen molar-refractivity contribution in [3.63, 3.8) is 0 Å². The normalized spacial score (nSPS) is 13.8. The van der Waals surface area contributed by atoms with Gasteiger partial charge in [0.05, 0.1) is 5.69 Å². The molecule has 2 heterocycles. The van der Waals surface area contributed by atoms with Gasteiger partial charge < -0.3 is 5.32 Å². The zero-order chi connectivity index (χ0) is 31.2. The third kappa shape index (κ3) is 5.11. The molecule has 0 fully saturated rings. The Balaban J connectivity index is 1.12. The fourth-order valence-corrected chi connectivity index (χ4v) is 7.54. The summed E-state index contributed by atoms with van der Waals surface area (Å²) in [6.45, 7) is 0. The maximum atomic E-state index is 4.96. The Kier molecular flexibility index (Phi) is 6.76. The molecule has 0 saturated heterocycles. The first kappa shape index (κ1) is 27.5. The molecule has 0 aliphatic carbocycles. The molecule has 1 aliphatic rings. The molecule has 1 atom stereocenters. The van der Waals surface area contributed by atoms with Crippen LogP contribution in [0.3, 0.4) is 0 Å². The summed E-state index contributed by atoms with van der Waals surface area (Å²) in [7, 11) is 0. The van der Waals surface area contributed by atoms with Gasteiger partial charge in [0.25, 0.3) is 0 Å². The van der Waals surface area contributed by atoms with E-state index in [1.807, 2.05) is 72.4 Å². The van der Waals surface area contributed by atoms with Crippen molar-refractivity contribution < 1.29 is 0 Å². The van der Waals surface area contributed by atoms with Gasteiger partial charge in [0.15, 0.2) is 17.5 Å². The highest BCUT2D eigenvalue weighted by Crippen LogP contribution is 2.51. The van der Waals surface area contributed by atoms with E-state index in [-0.39, 0.29) is 5.37 Å². The third-order valence-electron chi connectivity index (χ3n) is 8.74. The molecule has 0 spiro atoms. The molecular weight excluding hydrogens is 593 g/mol. The van der Waals surface area contributed by atoms with Crippen LogP contribution >= 0.6 is 11.8 Å². The maximum absolute atomic E-state index is 4.96. The number of hydrogen-bond acceptors (Lipinski definition) is 5. The molecule has 0 saturated carbocycles. The summed E-state index contributed by atoms with van der Waals surface area (Å²) in [5, 5.41) is 8.83. The average Bonchev–Trinajstić information content (AvgIpc) is 3.60. The number of nitrogens with one attached hydrogen (secondary N) is 1. The first-order valence-electron chi connectivity index (χ1n) is 15.7. The summed E-state index contributed by atoms with van der Waals surface area (Å²) in [5.41, 5.74) is 7.80. The van der Waals surface area contributed by atoms with Crippen LogP contribution in [0.15, 0.2) is 163 Å². The Morgan fingerprint density at radius 1 is 0.447 bits per heavy atom. The van der Waals surface area contributed by atoms with Crippen molar-refractivity contribution in [1.29, 1.82) is 0 Å². The summed E-state index contributed by atoms with van der Waals surface area (Å²) < 4.78 is 0. The van der Waals surface area contributed by atoms with Crippen molar-refractivity contribution >= 4 is 39.0 Å². The number of rotatable bonds is 5. The molecule has 0 amide bonds. The molecule has 8 aromatic rings. The largest absolute Gasteiger partial charge is 0.368 e. The lowest BCUT2D eigenvalue weighted by molar-refractivity contribution is 1.07. The first-order chi connectivity index (χ1) is 23.3. The molecule has 0 radical (unpaired) electrons. The van der Waals surface area contributed by atoms with Crippen molar-refractivity contribution in [2.24, 2.45) is 0 Å². The number of aromatic nitrogens is 3. The highest BCUT2D eigenvalue weighted by atomic mass is 32.2. The summed E-state index contributed by atoms with van der Waals surface area (Å²) in [6, 6.07) is 55.1. The van der Waals surface area contributed by atoms with E-state index in [1.54, 1.807) is 0 Å². The van der Waals surface area contributed by atoms with E-state index in [2.05, 4.69) is 102 Å². The predicted molar refractivity (Wildman–Crippen MR) is 195 cm³/mol. The van der Waals surface area contributed by atoms with Crippen molar-refractivity contribution in [2.45, 2.75) is 10.3 Å². The Morgan fingerprint density at radius 2 is 1.02 bits per heavy atom. The van der Waals surface area contributed by atoms with E-state index in [1.165, 1.54) is 43.4 Å². The molecule has 9 rings (SSSR count). The zero-order valence-electron chi connectivity index (χ0n) is 25.3.